The summed E-state index contributed by atoms with van der Waals surface area (Å²) in [5, 5.41) is 8.94. The lowest BCUT2D eigenvalue weighted by molar-refractivity contribution is -0.288. The van der Waals surface area contributed by atoms with Crippen LogP contribution in [-0.4, -0.2) is 78.9 Å². The van der Waals surface area contributed by atoms with E-state index in [1.54, 1.807) is 18.2 Å². The second kappa shape index (κ2) is 15.2. The topological polar surface area (TPSA) is 170 Å². The van der Waals surface area contributed by atoms with Crippen molar-refractivity contribution in [2.24, 2.45) is 0 Å². The van der Waals surface area contributed by atoms with Crippen LogP contribution in [0.25, 0.3) is 0 Å². The molecule has 0 aliphatic carbocycles. The molecule has 0 saturated carbocycles. The Morgan fingerprint density at radius 3 is 1.93 bits per heavy atom. The zero-order chi connectivity index (χ0) is 32.6. The van der Waals surface area contributed by atoms with E-state index in [-0.39, 0.29) is 6.61 Å². The molecule has 0 radical (unpaired) electrons. The third-order valence-electron chi connectivity index (χ3n) is 6.37. The molecule has 0 unspecified atom stereocenters. The van der Waals surface area contributed by atoms with E-state index in [0.717, 1.165) is 43.0 Å². The third kappa shape index (κ3) is 9.69. The molecule has 0 spiro atoms. The van der Waals surface area contributed by atoms with Gasteiger partial charge >= 0.3 is 29.8 Å². The monoisotopic (exact) mass is 616 g/mol. The summed E-state index contributed by atoms with van der Waals surface area (Å²) < 4.78 is 39.0. The molecular weight excluding hydrogens is 580 g/mol. The molecule has 2 aromatic rings. The number of aliphatic carboxylic acids is 1. The number of aryl methyl sites for hydroxylation is 2. The van der Waals surface area contributed by atoms with Gasteiger partial charge in [-0.15, -0.1) is 0 Å². The van der Waals surface area contributed by atoms with Crippen molar-refractivity contribution in [2.75, 3.05) is 13.2 Å². The zero-order valence-corrected chi connectivity index (χ0v) is 25.3. The number of carbonyl (C=O) groups excluding carboxylic acids is 4. The fourth-order valence-electron chi connectivity index (χ4n) is 4.89. The second-order valence-electron chi connectivity index (χ2n) is 10.3. The van der Waals surface area contributed by atoms with Crippen LogP contribution in [0.3, 0.4) is 0 Å². The Hall–Kier alpha value is -4.65. The summed E-state index contributed by atoms with van der Waals surface area (Å²) in [5.74, 6) is -3.08. The average Bonchev–Trinajstić information content (AvgIpc) is 2.89. The lowest BCUT2D eigenvalue weighted by Gasteiger charge is -2.43. The summed E-state index contributed by atoms with van der Waals surface area (Å²) in [4.78, 5) is 58.6. The van der Waals surface area contributed by atoms with Crippen LogP contribution in [-0.2, 0) is 54.1 Å². The number of benzene rings is 2. The highest BCUT2D eigenvalue weighted by Gasteiger charge is 2.53. The van der Waals surface area contributed by atoms with Crippen molar-refractivity contribution >= 4 is 29.8 Å². The molecule has 5 atom stereocenters. The third-order valence-corrected chi connectivity index (χ3v) is 6.37. The molecule has 13 heteroatoms. The Bertz CT molecular complexity index is 1360. The highest BCUT2D eigenvalue weighted by atomic mass is 16.7. The number of esters is 4. The van der Waals surface area contributed by atoms with Gasteiger partial charge in [-0.1, -0.05) is 24.3 Å². The highest BCUT2D eigenvalue weighted by Crippen LogP contribution is 2.32. The number of hydrogen-bond donors (Lipinski definition) is 1. The minimum atomic E-state index is -1.36. The molecular formula is C31H36O13. The van der Waals surface area contributed by atoms with Gasteiger partial charge in [0.15, 0.2) is 18.8 Å². The minimum absolute atomic E-state index is 0.318. The largest absolute Gasteiger partial charge is 0.481 e. The first kappa shape index (κ1) is 33.8. The molecule has 2 aromatic carbocycles. The Balaban J connectivity index is 1.91. The average molecular weight is 617 g/mol. The molecule has 44 heavy (non-hydrogen) atoms. The molecule has 3 rings (SSSR count). The molecule has 1 heterocycles. The van der Waals surface area contributed by atoms with Crippen LogP contribution in [0.2, 0.25) is 0 Å². The van der Waals surface area contributed by atoms with Crippen molar-refractivity contribution in [3.63, 3.8) is 0 Å². The van der Waals surface area contributed by atoms with Crippen LogP contribution in [0.15, 0.2) is 36.4 Å². The SMILES string of the molecule is CC(=O)OC[C@H]1O[C@H](Oc2cccc(Cc3cc(C)c(OCC(=O)O)c(C)c3)c2)[C@@H](OC(C)=O)[C@@H](OC(C)=O)[C@@H]1OC(C)=O. The Morgan fingerprint density at radius 2 is 1.36 bits per heavy atom. The first-order valence-electron chi connectivity index (χ1n) is 13.7. The van der Waals surface area contributed by atoms with Gasteiger partial charge in [-0.2, -0.15) is 0 Å². The van der Waals surface area contributed by atoms with Crippen LogP contribution in [0.1, 0.15) is 49.9 Å². The number of hydrogen-bond acceptors (Lipinski definition) is 12. The second-order valence-corrected chi connectivity index (χ2v) is 10.3. The number of carbonyl (C=O) groups is 5. The minimum Gasteiger partial charge on any atom is -0.481 e. The van der Waals surface area contributed by atoms with E-state index in [9.17, 15) is 24.0 Å². The lowest BCUT2D eigenvalue weighted by atomic mass is 9.98. The van der Waals surface area contributed by atoms with Gasteiger partial charge in [0, 0.05) is 27.7 Å². The smallest absolute Gasteiger partial charge is 0.341 e. The Morgan fingerprint density at radius 1 is 0.773 bits per heavy atom. The van der Waals surface area contributed by atoms with Crippen molar-refractivity contribution in [2.45, 2.75) is 78.7 Å². The molecule has 0 aromatic heterocycles. The molecule has 1 aliphatic rings. The Kier molecular flexibility index (Phi) is 11.7. The van der Waals surface area contributed by atoms with Crippen LogP contribution in [0, 0.1) is 13.8 Å². The van der Waals surface area contributed by atoms with E-state index < -0.39 is 67.2 Å². The zero-order valence-electron chi connectivity index (χ0n) is 25.3. The van der Waals surface area contributed by atoms with Crippen LogP contribution < -0.4 is 9.47 Å². The molecule has 1 saturated heterocycles. The van der Waals surface area contributed by atoms with Crippen LogP contribution in [0.5, 0.6) is 11.5 Å². The van der Waals surface area contributed by atoms with Gasteiger partial charge in [0.2, 0.25) is 12.4 Å². The van der Waals surface area contributed by atoms with E-state index in [4.69, 9.17) is 38.3 Å². The van der Waals surface area contributed by atoms with Gasteiger partial charge in [0.05, 0.1) is 0 Å². The summed E-state index contributed by atoms with van der Waals surface area (Å²) in [6.45, 7) is 7.46. The first-order valence-corrected chi connectivity index (χ1v) is 13.7. The predicted molar refractivity (Wildman–Crippen MR) is 151 cm³/mol. The quantitative estimate of drug-likeness (QED) is 0.273. The number of ether oxygens (including phenoxy) is 7. The fourth-order valence-corrected chi connectivity index (χ4v) is 4.89. The first-order chi connectivity index (χ1) is 20.7. The molecule has 1 fully saturated rings. The highest BCUT2D eigenvalue weighted by molar-refractivity contribution is 5.69. The maximum absolute atomic E-state index is 12.1. The van der Waals surface area contributed by atoms with Gasteiger partial charge in [-0.3, -0.25) is 19.2 Å². The number of carboxylic acids is 1. The maximum atomic E-state index is 12.1. The van der Waals surface area contributed by atoms with E-state index >= 15 is 0 Å². The normalized spacial score (nSPS) is 21.0. The van der Waals surface area contributed by atoms with Crippen molar-refractivity contribution in [1.29, 1.82) is 0 Å². The molecule has 238 valence electrons. The molecule has 0 amide bonds. The summed E-state index contributed by atoms with van der Waals surface area (Å²) >= 11 is 0. The standard InChI is InChI=1S/C31H36O13/c1-16-10-23(11-17(2)27(16)39-15-26(36)37)12-22-8-7-9-24(13-22)43-31-30(42-21(6)35)29(41-20(5)34)28(40-19(4)33)25(44-31)14-38-18(3)32/h7-11,13,25,28-31H,12,14-15H2,1-6H3,(H,36,37)/t25-,28-,29+,30+,31+/m1/s1. The van der Waals surface area contributed by atoms with E-state index in [2.05, 4.69) is 0 Å². The van der Waals surface area contributed by atoms with Crippen LogP contribution in [0.4, 0.5) is 0 Å². The summed E-state index contributed by atoms with van der Waals surface area (Å²) in [6, 6.07) is 10.8. The molecule has 13 nitrogen and oxygen atoms in total. The van der Waals surface area contributed by atoms with E-state index in [0.29, 0.717) is 17.9 Å². The van der Waals surface area contributed by atoms with Gasteiger partial charge in [0.25, 0.3) is 0 Å². The van der Waals surface area contributed by atoms with Crippen molar-refractivity contribution in [3.05, 3.63) is 58.7 Å². The number of rotatable bonds is 12. The fraction of sp³-hybridized carbons (Fsp3) is 0.452. The van der Waals surface area contributed by atoms with Gasteiger partial charge in [-0.25, -0.2) is 4.79 Å². The summed E-state index contributed by atoms with van der Waals surface area (Å²) in [6.07, 6.45) is -6.02. The lowest BCUT2D eigenvalue weighted by Crippen LogP contribution is -2.63. The molecule has 1 N–H and O–H groups in total. The van der Waals surface area contributed by atoms with Gasteiger partial charge in [0.1, 0.15) is 24.2 Å². The van der Waals surface area contributed by atoms with Gasteiger partial charge in [-0.05, 0) is 54.7 Å². The van der Waals surface area contributed by atoms with Gasteiger partial charge < -0.3 is 38.3 Å². The number of carboxylic acid groups (broad SMARTS) is 1. The van der Waals surface area contributed by atoms with E-state index in [1.807, 2.05) is 32.0 Å². The molecule has 0 bridgehead atoms. The van der Waals surface area contributed by atoms with Crippen molar-refractivity contribution < 1.29 is 62.2 Å². The van der Waals surface area contributed by atoms with Crippen molar-refractivity contribution in [1.82, 2.24) is 0 Å². The van der Waals surface area contributed by atoms with Crippen molar-refractivity contribution in [3.8, 4) is 11.5 Å². The Labute approximate surface area is 254 Å². The summed E-state index contributed by atoms with van der Waals surface area (Å²) in [7, 11) is 0. The summed E-state index contributed by atoms with van der Waals surface area (Å²) in [5.41, 5.74) is 3.34. The van der Waals surface area contributed by atoms with Crippen LogP contribution >= 0.6 is 0 Å². The van der Waals surface area contributed by atoms with E-state index in [1.165, 1.54) is 6.92 Å². The predicted octanol–water partition coefficient (Wildman–Crippen LogP) is 2.82. The molecule has 1 aliphatic heterocycles. The maximum Gasteiger partial charge on any atom is 0.341 e.